The molecule has 2 rings (SSSR count). The molecule has 1 aromatic rings. The Hall–Kier alpha value is -0.960. The molecule has 0 atom stereocenters. The molecule has 3 heteroatoms. The molecule has 1 aromatic carbocycles. The molecule has 1 saturated carbocycles. The van der Waals surface area contributed by atoms with E-state index in [0.29, 0.717) is 12.0 Å². The Morgan fingerprint density at radius 2 is 1.82 bits per heavy atom. The maximum Gasteiger partial charge on any atom is 0.270 e. The summed E-state index contributed by atoms with van der Waals surface area (Å²) in [5, 5.41) is 0. The van der Waals surface area contributed by atoms with Crippen LogP contribution in [0.15, 0.2) is 24.3 Å². The van der Waals surface area contributed by atoms with Crippen LogP contribution in [0.1, 0.15) is 49.7 Å². The molecule has 0 aromatic heterocycles. The maximum atomic E-state index is 13.2. The van der Waals surface area contributed by atoms with Crippen LogP contribution in [0.2, 0.25) is 0 Å². The van der Waals surface area contributed by atoms with Crippen LogP contribution in [0.3, 0.4) is 0 Å². The monoisotopic (exact) mass is 239 g/mol. The molecule has 1 aliphatic carbocycles. The summed E-state index contributed by atoms with van der Waals surface area (Å²) in [6.45, 7) is 0.947. The maximum absolute atomic E-state index is 13.2. The first-order chi connectivity index (χ1) is 7.97. The van der Waals surface area contributed by atoms with Crippen molar-refractivity contribution in [2.75, 3.05) is 0 Å². The minimum atomic E-state index is -2.75. The minimum absolute atomic E-state index is 0.116. The third kappa shape index (κ3) is 3.03. The molecule has 1 aliphatic rings. The Balaban J connectivity index is 2.16. The van der Waals surface area contributed by atoms with Gasteiger partial charge in [0.2, 0.25) is 0 Å². The highest BCUT2D eigenvalue weighted by atomic mass is 19.3. The lowest BCUT2D eigenvalue weighted by Crippen LogP contribution is -2.25. The third-order valence-electron chi connectivity index (χ3n) is 3.64. The van der Waals surface area contributed by atoms with E-state index in [1.165, 1.54) is 6.07 Å². The van der Waals surface area contributed by atoms with Crippen molar-refractivity contribution >= 4 is 0 Å². The van der Waals surface area contributed by atoms with Crippen molar-refractivity contribution < 1.29 is 8.78 Å². The average molecular weight is 239 g/mol. The van der Waals surface area contributed by atoms with Gasteiger partial charge in [0.1, 0.15) is 0 Å². The van der Waals surface area contributed by atoms with Gasteiger partial charge in [-0.25, -0.2) is 8.78 Å². The number of halogens is 2. The first-order valence-corrected chi connectivity index (χ1v) is 6.20. The van der Waals surface area contributed by atoms with Crippen molar-refractivity contribution in [2.24, 2.45) is 5.73 Å². The molecule has 0 spiro atoms. The Morgan fingerprint density at radius 1 is 1.18 bits per heavy atom. The van der Waals surface area contributed by atoms with Crippen LogP contribution in [-0.2, 0) is 5.92 Å². The van der Waals surface area contributed by atoms with Crippen LogP contribution in [0.4, 0.5) is 8.78 Å². The molecule has 94 valence electrons. The summed E-state index contributed by atoms with van der Waals surface area (Å²) in [5.41, 5.74) is 7.01. The number of benzene rings is 1. The SMILES string of the molecule is CC(F)(F)c1cccc(C2CCC(N)CC2)c1. The zero-order valence-electron chi connectivity index (χ0n) is 10.1. The molecular formula is C14H19F2N. The van der Waals surface area contributed by atoms with Gasteiger partial charge < -0.3 is 5.73 Å². The number of hydrogen-bond acceptors (Lipinski definition) is 1. The third-order valence-corrected chi connectivity index (χ3v) is 3.64. The highest BCUT2D eigenvalue weighted by Gasteiger charge is 2.26. The van der Waals surface area contributed by atoms with E-state index in [2.05, 4.69) is 0 Å². The Morgan fingerprint density at radius 3 is 2.41 bits per heavy atom. The summed E-state index contributed by atoms with van der Waals surface area (Å²) in [7, 11) is 0. The largest absolute Gasteiger partial charge is 0.328 e. The second-order valence-electron chi connectivity index (χ2n) is 5.13. The van der Waals surface area contributed by atoms with Crippen LogP contribution < -0.4 is 5.73 Å². The molecule has 0 radical (unpaired) electrons. The summed E-state index contributed by atoms with van der Waals surface area (Å²) in [4.78, 5) is 0. The number of alkyl halides is 2. The minimum Gasteiger partial charge on any atom is -0.328 e. The van der Waals surface area contributed by atoms with Crippen molar-refractivity contribution in [3.05, 3.63) is 35.4 Å². The summed E-state index contributed by atoms with van der Waals surface area (Å²) >= 11 is 0. The molecule has 17 heavy (non-hydrogen) atoms. The fourth-order valence-electron chi connectivity index (χ4n) is 2.52. The van der Waals surface area contributed by atoms with Gasteiger partial charge in [0.25, 0.3) is 5.92 Å². The van der Waals surface area contributed by atoms with Crippen LogP contribution in [0, 0.1) is 0 Å². The molecule has 0 heterocycles. The highest BCUT2D eigenvalue weighted by Crippen LogP contribution is 2.35. The van der Waals surface area contributed by atoms with Gasteiger partial charge in [-0.15, -0.1) is 0 Å². The predicted octanol–water partition coefficient (Wildman–Crippen LogP) is 3.78. The van der Waals surface area contributed by atoms with Crippen molar-refractivity contribution in [1.82, 2.24) is 0 Å². The van der Waals surface area contributed by atoms with E-state index in [-0.39, 0.29) is 5.56 Å². The van der Waals surface area contributed by atoms with E-state index in [1.807, 2.05) is 6.07 Å². The van der Waals surface area contributed by atoms with E-state index in [9.17, 15) is 8.78 Å². The smallest absolute Gasteiger partial charge is 0.270 e. The van der Waals surface area contributed by atoms with Gasteiger partial charge >= 0.3 is 0 Å². The quantitative estimate of drug-likeness (QED) is 0.835. The molecule has 0 amide bonds. The van der Waals surface area contributed by atoms with Crippen molar-refractivity contribution in [3.8, 4) is 0 Å². The van der Waals surface area contributed by atoms with Gasteiger partial charge in [-0.2, -0.15) is 0 Å². The van der Waals surface area contributed by atoms with Gasteiger partial charge in [-0.3, -0.25) is 0 Å². The lowest BCUT2D eigenvalue weighted by Gasteiger charge is -2.27. The van der Waals surface area contributed by atoms with Gasteiger partial charge in [0.15, 0.2) is 0 Å². The van der Waals surface area contributed by atoms with E-state index in [1.54, 1.807) is 12.1 Å². The lowest BCUT2D eigenvalue weighted by molar-refractivity contribution is 0.0173. The molecule has 1 fully saturated rings. The van der Waals surface area contributed by atoms with E-state index < -0.39 is 5.92 Å². The zero-order valence-corrected chi connectivity index (χ0v) is 10.1. The molecule has 0 bridgehead atoms. The predicted molar refractivity (Wildman–Crippen MR) is 65.2 cm³/mol. The summed E-state index contributed by atoms with van der Waals surface area (Å²) in [5.74, 6) is -2.35. The van der Waals surface area contributed by atoms with Gasteiger partial charge in [0.05, 0.1) is 0 Å². The molecule has 0 unspecified atom stereocenters. The zero-order chi connectivity index (χ0) is 12.5. The van der Waals surface area contributed by atoms with Crippen LogP contribution in [-0.4, -0.2) is 6.04 Å². The van der Waals surface area contributed by atoms with Crippen molar-refractivity contribution in [3.63, 3.8) is 0 Å². The molecule has 0 aliphatic heterocycles. The Labute approximate surface area is 101 Å². The highest BCUT2D eigenvalue weighted by molar-refractivity contribution is 5.29. The van der Waals surface area contributed by atoms with Crippen molar-refractivity contribution in [2.45, 2.75) is 50.5 Å². The van der Waals surface area contributed by atoms with Gasteiger partial charge in [0, 0.05) is 18.5 Å². The summed E-state index contributed by atoms with van der Waals surface area (Å²) in [6.07, 6.45) is 4.02. The fraction of sp³-hybridized carbons (Fsp3) is 0.571. The van der Waals surface area contributed by atoms with Gasteiger partial charge in [-0.1, -0.05) is 18.2 Å². The molecule has 1 nitrogen and oxygen atoms in total. The number of rotatable bonds is 2. The molecular weight excluding hydrogens is 220 g/mol. The standard InChI is InChI=1S/C14H19F2N/c1-14(15,16)12-4-2-3-11(9-12)10-5-7-13(17)8-6-10/h2-4,9-10,13H,5-8,17H2,1H3. The average Bonchev–Trinajstić information content (AvgIpc) is 2.29. The first-order valence-electron chi connectivity index (χ1n) is 6.20. The Kier molecular flexibility index (Phi) is 3.48. The summed E-state index contributed by atoms with van der Waals surface area (Å²) < 4.78 is 26.5. The van der Waals surface area contributed by atoms with E-state index >= 15 is 0 Å². The topological polar surface area (TPSA) is 26.0 Å². The Bertz CT molecular complexity index is 376. The van der Waals surface area contributed by atoms with Crippen LogP contribution >= 0.6 is 0 Å². The number of hydrogen-bond donors (Lipinski definition) is 1. The van der Waals surface area contributed by atoms with Crippen LogP contribution in [0.25, 0.3) is 0 Å². The first kappa shape index (κ1) is 12.5. The fourth-order valence-corrected chi connectivity index (χ4v) is 2.52. The number of nitrogens with two attached hydrogens (primary N) is 1. The molecule has 2 N–H and O–H groups in total. The normalized spacial score (nSPS) is 25.9. The second-order valence-corrected chi connectivity index (χ2v) is 5.13. The summed E-state index contributed by atoms with van der Waals surface area (Å²) in [6, 6.07) is 7.13. The molecule has 0 saturated heterocycles. The van der Waals surface area contributed by atoms with Crippen LogP contribution in [0.5, 0.6) is 0 Å². The lowest BCUT2D eigenvalue weighted by atomic mass is 9.81. The van der Waals surface area contributed by atoms with E-state index in [4.69, 9.17) is 5.73 Å². The van der Waals surface area contributed by atoms with Gasteiger partial charge in [-0.05, 0) is 43.2 Å². The van der Waals surface area contributed by atoms with E-state index in [0.717, 1.165) is 38.2 Å². The second kappa shape index (κ2) is 4.73. The van der Waals surface area contributed by atoms with Crippen molar-refractivity contribution in [1.29, 1.82) is 0 Å².